The predicted molar refractivity (Wildman–Crippen MR) is 62.8 cm³/mol. The SMILES string of the molecule is CCCS(=O)(=O)c1ccc(Br)nc1C(N)=O. The molecule has 1 rings (SSSR count). The first-order chi connectivity index (χ1) is 7.38. The van der Waals surface area contributed by atoms with E-state index in [4.69, 9.17) is 5.73 Å². The summed E-state index contributed by atoms with van der Waals surface area (Å²) < 4.78 is 24.0. The minimum atomic E-state index is -3.49. The average Bonchev–Trinajstić information content (AvgIpc) is 2.16. The molecule has 0 aliphatic rings. The molecule has 0 fully saturated rings. The van der Waals surface area contributed by atoms with Crippen LogP contribution in [0, 0.1) is 0 Å². The summed E-state index contributed by atoms with van der Waals surface area (Å²) in [6, 6.07) is 2.80. The van der Waals surface area contributed by atoms with Gasteiger partial charge in [0, 0.05) is 0 Å². The fraction of sp³-hybridized carbons (Fsp3) is 0.333. The number of hydrogen-bond donors (Lipinski definition) is 1. The van der Waals surface area contributed by atoms with Gasteiger partial charge in [0.25, 0.3) is 5.91 Å². The van der Waals surface area contributed by atoms with Gasteiger partial charge in [-0.1, -0.05) is 6.92 Å². The second-order valence-electron chi connectivity index (χ2n) is 3.16. The molecule has 0 saturated heterocycles. The molecule has 16 heavy (non-hydrogen) atoms. The van der Waals surface area contributed by atoms with Crippen LogP contribution in [0.4, 0.5) is 0 Å². The maximum atomic E-state index is 11.8. The van der Waals surface area contributed by atoms with Gasteiger partial charge in [-0.3, -0.25) is 4.79 Å². The lowest BCUT2D eigenvalue weighted by Gasteiger charge is -2.06. The van der Waals surface area contributed by atoms with Crippen molar-refractivity contribution < 1.29 is 13.2 Å². The molecule has 0 aliphatic carbocycles. The molecule has 0 saturated carbocycles. The summed E-state index contributed by atoms with van der Waals surface area (Å²) >= 11 is 3.06. The molecule has 0 atom stereocenters. The first kappa shape index (κ1) is 13.1. The van der Waals surface area contributed by atoms with Gasteiger partial charge in [0.05, 0.1) is 10.6 Å². The third-order valence-electron chi connectivity index (χ3n) is 1.87. The molecule has 88 valence electrons. The average molecular weight is 307 g/mol. The lowest BCUT2D eigenvalue weighted by Crippen LogP contribution is -2.19. The molecular formula is C9H11BrN2O3S. The lowest BCUT2D eigenvalue weighted by molar-refractivity contribution is 0.0992. The quantitative estimate of drug-likeness (QED) is 0.844. The van der Waals surface area contributed by atoms with Crippen molar-refractivity contribution in [2.24, 2.45) is 5.73 Å². The first-order valence-corrected chi connectivity index (χ1v) is 7.02. The van der Waals surface area contributed by atoms with E-state index < -0.39 is 15.7 Å². The van der Waals surface area contributed by atoms with Crippen molar-refractivity contribution in [3.8, 4) is 0 Å². The van der Waals surface area contributed by atoms with Gasteiger partial charge in [0.2, 0.25) is 0 Å². The molecule has 5 nitrogen and oxygen atoms in total. The molecule has 7 heteroatoms. The maximum Gasteiger partial charge on any atom is 0.268 e. The molecule has 0 spiro atoms. The summed E-state index contributed by atoms with van der Waals surface area (Å²) in [7, 11) is -3.49. The standard InChI is InChI=1S/C9H11BrN2O3S/c1-2-5-16(14,15)6-3-4-7(10)12-8(6)9(11)13/h3-4H,2,5H2,1H3,(H2,11,13). The Bertz CT molecular complexity index is 513. The lowest BCUT2D eigenvalue weighted by atomic mass is 10.3. The minimum Gasteiger partial charge on any atom is -0.364 e. The largest absolute Gasteiger partial charge is 0.364 e. The van der Waals surface area contributed by atoms with E-state index in [2.05, 4.69) is 20.9 Å². The molecule has 1 amide bonds. The van der Waals surface area contributed by atoms with Crippen LogP contribution in [0.15, 0.2) is 21.6 Å². The summed E-state index contributed by atoms with van der Waals surface area (Å²) in [5.41, 5.74) is 4.87. The number of amides is 1. The van der Waals surface area contributed by atoms with E-state index in [9.17, 15) is 13.2 Å². The van der Waals surface area contributed by atoms with Crippen LogP contribution in [0.2, 0.25) is 0 Å². The van der Waals surface area contributed by atoms with Crippen molar-refractivity contribution in [2.45, 2.75) is 18.2 Å². The topological polar surface area (TPSA) is 90.1 Å². The van der Waals surface area contributed by atoms with Crippen molar-refractivity contribution in [1.29, 1.82) is 0 Å². The van der Waals surface area contributed by atoms with E-state index in [1.165, 1.54) is 12.1 Å². The summed E-state index contributed by atoms with van der Waals surface area (Å²) in [5, 5.41) is 0. The third kappa shape index (κ3) is 2.79. The highest BCUT2D eigenvalue weighted by molar-refractivity contribution is 9.10. The van der Waals surface area contributed by atoms with E-state index in [0.717, 1.165) is 0 Å². The predicted octanol–water partition coefficient (Wildman–Crippen LogP) is 1.13. The van der Waals surface area contributed by atoms with Crippen molar-refractivity contribution in [2.75, 3.05) is 5.75 Å². The van der Waals surface area contributed by atoms with Crippen LogP contribution in [0.5, 0.6) is 0 Å². The molecule has 1 heterocycles. The van der Waals surface area contributed by atoms with Crippen molar-refractivity contribution in [3.63, 3.8) is 0 Å². The number of rotatable bonds is 4. The van der Waals surface area contributed by atoms with E-state index in [0.29, 0.717) is 11.0 Å². The van der Waals surface area contributed by atoms with E-state index in [1.54, 1.807) is 6.92 Å². The van der Waals surface area contributed by atoms with Gasteiger partial charge >= 0.3 is 0 Å². The highest BCUT2D eigenvalue weighted by Gasteiger charge is 2.22. The van der Waals surface area contributed by atoms with Gasteiger partial charge in [-0.2, -0.15) is 0 Å². The molecular weight excluding hydrogens is 296 g/mol. The Morgan fingerprint density at radius 1 is 1.50 bits per heavy atom. The van der Waals surface area contributed by atoms with Crippen molar-refractivity contribution in [1.82, 2.24) is 4.98 Å². The highest BCUT2D eigenvalue weighted by Crippen LogP contribution is 2.18. The Morgan fingerprint density at radius 3 is 2.62 bits per heavy atom. The highest BCUT2D eigenvalue weighted by atomic mass is 79.9. The second-order valence-corrected chi connectivity index (χ2v) is 6.05. The first-order valence-electron chi connectivity index (χ1n) is 4.57. The minimum absolute atomic E-state index is 0.0312. The number of halogens is 1. The third-order valence-corrected chi connectivity index (χ3v) is 4.25. The summed E-state index contributed by atoms with van der Waals surface area (Å²) in [5.74, 6) is -0.882. The summed E-state index contributed by atoms with van der Waals surface area (Å²) in [6.07, 6.45) is 0.469. The Balaban J connectivity index is 3.39. The number of primary amides is 1. The Labute approximate surface area is 102 Å². The normalized spacial score (nSPS) is 11.4. The monoisotopic (exact) mass is 306 g/mol. The molecule has 0 aliphatic heterocycles. The fourth-order valence-corrected chi connectivity index (χ4v) is 3.01. The molecule has 0 radical (unpaired) electrons. The second kappa shape index (κ2) is 4.92. The van der Waals surface area contributed by atoms with Crippen LogP contribution in [0.1, 0.15) is 23.8 Å². The summed E-state index contributed by atoms with van der Waals surface area (Å²) in [6.45, 7) is 1.74. The fourth-order valence-electron chi connectivity index (χ4n) is 1.23. The van der Waals surface area contributed by atoms with E-state index in [-0.39, 0.29) is 16.3 Å². The van der Waals surface area contributed by atoms with E-state index >= 15 is 0 Å². The van der Waals surface area contributed by atoms with Crippen molar-refractivity contribution in [3.05, 3.63) is 22.4 Å². The van der Waals surface area contributed by atoms with Crippen LogP contribution in [-0.2, 0) is 9.84 Å². The zero-order chi connectivity index (χ0) is 12.3. The van der Waals surface area contributed by atoms with Crippen LogP contribution in [-0.4, -0.2) is 25.1 Å². The van der Waals surface area contributed by atoms with Crippen molar-refractivity contribution >= 4 is 31.7 Å². The van der Waals surface area contributed by atoms with Crippen LogP contribution in [0.25, 0.3) is 0 Å². The van der Waals surface area contributed by atoms with Crippen LogP contribution >= 0.6 is 15.9 Å². The number of carbonyl (C=O) groups excluding carboxylic acids is 1. The Hall–Kier alpha value is -0.950. The van der Waals surface area contributed by atoms with Crippen LogP contribution in [0.3, 0.4) is 0 Å². The molecule has 0 bridgehead atoms. The zero-order valence-corrected chi connectivity index (χ0v) is 11.0. The Kier molecular flexibility index (Phi) is 4.03. The zero-order valence-electron chi connectivity index (χ0n) is 8.60. The Morgan fingerprint density at radius 2 is 2.12 bits per heavy atom. The molecule has 1 aromatic heterocycles. The van der Waals surface area contributed by atoms with Gasteiger partial charge in [-0.05, 0) is 34.5 Å². The van der Waals surface area contributed by atoms with Gasteiger partial charge in [-0.25, -0.2) is 13.4 Å². The number of nitrogens with zero attached hydrogens (tertiary/aromatic N) is 1. The number of sulfone groups is 1. The summed E-state index contributed by atoms with van der Waals surface area (Å²) in [4.78, 5) is 14.8. The van der Waals surface area contributed by atoms with Crippen LogP contribution < -0.4 is 5.73 Å². The number of pyridine rings is 1. The molecule has 1 aromatic rings. The number of nitrogens with two attached hydrogens (primary N) is 1. The molecule has 0 aromatic carbocycles. The van der Waals surface area contributed by atoms with Gasteiger partial charge < -0.3 is 5.73 Å². The number of carbonyl (C=O) groups is 1. The maximum absolute atomic E-state index is 11.8. The molecule has 2 N–H and O–H groups in total. The number of aromatic nitrogens is 1. The van der Waals surface area contributed by atoms with Gasteiger partial charge in [0.15, 0.2) is 9.84 Å². The number of hydrogen-bond acceptors (Lipinski definition) is 4. The molecule has 0 unspecified atom stereocenters. The smallest absolute Gasteiger partial charge is 0.268 e. The van der Waals surface area contributed by atoms with E-state index in [1.807, 2.05) is 0 Å². The van der Waals surface area contributed by atoms with Gasteiger partial charge in [-0.15, -0.1) is 0 Å². The van der Waals surface area contributed by atoms with Gasteiger partial charge in [0.1, 0.15) is 10.3 Å².